The molecule has 0 saturated heterocycles. The van der Waals surface area contributed by atoms with E-state index >= 15 is 0 Å². The smallest absolute Gasteiger partial charge is 0.331 e. The number of hydrogen-bond donors (Lipinski definition) is 6. The van der Waals surface area contributed by atoms with Crippen LogP contribution in [-0.4, -0.2) is 83.6 Å². The lowest BCUT2D eigenvalue weighted by molar-refractivity contribution is -0.169. The van der Waals surface area contributed by atoms with Gasteiger partial charge in [0.05, 0.1) is 6.10 Å². The van der Waals surface area contributed by atoms with Gasteiger partial charge in [0, 0.05) is 22.5 Å². The van der Waals surface area contributed by atoms with Gasteiger partial charge in [0.2, 0.25) is 0 Å². The third-order valence-corrected chi connectivity index (χ3v) is 14.3. The number of aliphatic carboxylic acids is 1. The van der Waals surface area contributed by atoms with E-state index in [1.165, 1.54) is 6.92 Å². The second kappa shape index (κ2) is 17.9. The lowest BCUT2D eigenvalue weighted by atomic mass is 9.43. The van der Waals surface area contributed by atoms with E-state index < -0.39 is 18.2 Å². The molecule has 0 aromatic heterocycles. The van der Waals surface area contributed by atoms with Crippen LogP contribution < -0.4 is 21.7 Å². The lowest BCUT2D eigenvalue weighted by Crippen LogP contribution is -2.62. The highest BCUT2D eigenvalue weighted by atomic mass is 127. The maximum atomic E-state index is 12.7. The first-order valence-electron chi connectivity index (χ1n) is 18.8. The summed E-state index contributed by atoms with van der Waals surface area (Å²) in [6.45, 7) is 16.1. The number of carbonyl (C=O) groups is 2. The Labute approximate surface area is 303 Å². The molecular formula is C38H65IN4O5. The number of halogens is 1. The van der Waals surface area contributed by atoms with Crippen molar-refractivity contribution in [3.63, 3.8) is 0 Å². The molecule has 4 fully saturated rings. The van der Waals surface area contributed by atoms with Crippen molar-refractivity contribution in [2.24, 2.45) is 40.2 Å². The summed E-state index contributed by atoms with van der Waals surface area (Å²) in [6.07, 6.45) is 10.8. The molecule has 0 bridgehead atoms. The third-order valence-electron chi connectivity index (χ3n) is 12.5. The van der Waals surface area contributed by atoms with Gasteiger partial charge >= 0.3 is 11.9 Å². The van der Waals surface area contributed by atoms with Crippen LogP contribution in [-0.2, 0) is 14.3 Å². The largest absolute Gasteiger partial charge is 0.478 e. The first-order valence-corrected chi connectivity index (χ1v) is 20.0. The number of carbonyl (C=O) groups excluding carboxylic acids is 1. The van der Waals surface area contributed by atoms with Crippen LogP contribution >= 0.6 is 22.6 Å². The van der Waals surface area contributed by atoms with Crippen LogP contribution in [0.25, 0.3) is 0 Å². The van der Waals surface area contributed by atoms with Gasteiger partial charge in [-0.05, 0) is 164 Å². The van der Waals surface area contributed by atoms with Crippen LogP contribution in [0.3, 0.4) is 0 Å². The molecule has 0 aliphatic heterocycles. The standard InChI is InChI=1S/C38H65IN4O5/c1-24(2)10-6-11-26(36(46)47)33-29-22-31(45)34-27(38(29,5)23-32(33)48-25(3)44)12-13-28-35(39)30(14-15-37(28,34)4)43-21-9-20-42-19-8-18-41-17-7-16-40/h10,27-32,34-35,41-43,45H,6-9,11-23,40H2,1-5H3,(H,46,47)/b33-26-/t27?,28?,29?,30?,31-,32?,34?,35?,37+,38?/m1/s1. The van der Waals surface area contributed by atoms with E-state index in [2.05, 4.69) is 58.5 Å². The van der Waals surface area contributed by atoms with Gasteiger partial charge in [-0.25, -0.2) is 4.79 Å². The normalized spacial score (nSPS) is 36.8. The van der Waals surface area contributed by atoms with Crippen LogP contribution in [0.5, 0.6) is 0 Å². The van der Waals surface area contributed by atoms with E-state index in [-0.39, 0.29) is 34.6 Å². The Balaban J connectivity index is 1.42. The zero-order valence-electron chi connectivity index (χ0n) is 30.3. The molecule has 4 aliphatic carbocycles. The Morgan fingerprint density at radius 2 is 1.62 bits per heavy atom. The van der Waals surface area contributed by atoms with Gasteiger partial charge < -0.3 is 36.6 Å². The summed E-state index contributed by atoms with van der Waals surface area (Å²) in [5.74, 6) is -0.481. The number of alkyl halides is 1. The van der Waals surface area contributed by atoms with Crippen molar-refractivity contribution in [1.82, 2.24) is 16.0 Å². The Morgan fingerprint density at radius 1 is 0.979 bits per heavy atom. The van der Waals surface area contributed by atoms with Crippen molar-refractivity contribution in [3.05, 3.63) is 22.8 Å². The zero-order chi connectivity index (χ0) is 35.1. The Kier molecular flexibility index (Phi) is 14.8. The highest BCUT2D eigenvalue weighted by molar-refractivity contribution is 14.1. The van der Waals surface area contributed by atoms with Gasteiger partial charge in [-0.3, -0.25) is 4.79 Å². The number of nitrogens with two attached hydrogens (primary N) is 1. The van der Waals surface area contributed by atoms with E-state index in [4.69, 9.17) is 10.5 Å². The van der Waals surface area contributed by atoms with E-state index in [0.717, 1.165) is 95.4 Å². The van der Waals surface area contributed by atoms with Gasteiger partial charge in [0.25, 0.3) is 0 Å². The zero-order valence-corrected chi connectivity index (χ0v) is 32.4. The van der Waals surface area contributed by atoms with Gasteiger partial charge in [0.1, 0.15) is 6.10 Å². The second-order valence-electron chi connectivity index (χ2n) is 15.9. The molecule has 10 heteroatoms. The first-order chi connectivity index (χ1) is 22.8. The molecule has 0 aromatic rings. The average Bonchev–Trinajstić information content (AvgIpc) is 3.29. The molecule has 4 rings (SSSR count). The predicted octanol–water partition coefficient (Wildman–Crippen LogP) is 5.35. The summed E-state index contributed by atoms with van der Waals surface area (Å²) in [6, 6.07) is 0.476. The van der Waals surface area contributed by atoms with Gasteiger partial charge in [-0.15, -0.1) is 0 Å². The van der Waals surface area contributed by atoms with Crippen LogP contribution in [0.15, 0.2) is 22.8 Å². The molecule has 4 aliphatic rings. The molecule has 0 amide bonds. The second-order valence-corrected chi connectivity index (χ2v) is 17.4. The highest BCUT2D eigenvalue weighted by Gasteiger charge is 2.66. The van der Waals surface area contributed by atoms with E-state index in [1.807, 2.05) is 13.8 Å². The maximum Gasteiger partial charge on any atom is 0.331 e. The van der Waals surface area contributed by atoms with Crippen molar-refractivity contribution in [2.75, 3.05) is 39.3 Å². The number of carboxylic acid groups (broad SMARTS) is 1. The van der Waals surface area contributed by atoms with E-state index in [9.17, 15) is 19.8 Å². The Hall–Kier alpha value is -1.05. The number of esters is 1. The molecule has 274 valence electrons. The van der Waals surface area contributed by atoms with E-state index in [1.54, 1.807) is 0 Å². The summed E-state index contributed by atoms with van der Waals surface area (Å²) < 4.78 is 6.43. The van der Waals surface area contributed by atoms with Gasteiger partial charge in [0.15, 0.2) is 0 Å². The van der Waals surface area contributed by atoms with Crippen LogP contribution in [0.2, 0.25) is 0 Å². The van der Waals surface area contributed by atoms with Crippen LogP contribution in [0.4, 0.5) is 0 Å². The molecule has 0 heterocycles. The number of carboxylic acids is 1. The van der Waals surface area contributed by atoms with Crippen LogP contribution in [0, 0.1) is 34.5 Å². The number of aliphatic hydroxyl groups excluding tert-OH is 1. The maximum absolute atomic E-state index is 12.7. The minimum Gasteiger partial charge on any atom is -0.478 e. The first kappa shape index (κ1) is 39.7. The molecule has 0 radical (unpaired) electrons. The molecule has 8 unspecified atom stereocenters. The third kappa shape index (κ3) is 9.05. The fraction of sp³-hybridized carbons (Fsp3) is 0.842. The topological polar surface area (TPSA) is 146 Å². The summed E-state index contributed by atoms with van der Waals surface area (Å²) in [5.41, 5.74) is 7.63. The highest BCUT2D eigenvalue weighted by Crippen LogP contribution is 2.69. The number of fused-ring (bicyclic) bond motifs is 5. The molecule has 10 atom stereocenters. The molecular weight excluding hydrogens is 719 g/mol. The number of allylic oxidation sites excluding steroid dienone is 2. The minimum atomic E-state index is -0.929. The number of hydrogen-bond acceptors (Lipinski definition) is 8. The molecule has 7 N–H and O–H groups in total. The van der Waals surface area contributed by atoms with Crippen molar-refractivity contribution in [1.29, 1.82) is 0 Å². The number of nitrogens with one attached hydrogen (secondary N) is 3. The van der Waals surface area contributed by atoms with Crippen molar-refractivity contribution in [2.45, 2.75) is 127 Å². The lowest BCUT2D eigenvalue weighted by Gasteiger charge is -2.64. The fourth-order valence-electron chi connectivity index (χ4n) is 10.4. The van der Waals surface area contributed by atoms with Crippen LogP contribution in [0.1, 0.15) is 105 Å². The summed E-state index contributed by atoms with van der Waals surface area (Å²) in [4.78, 5) is 25.1. The summed E-state index contributed by atoms with van der Waals surface area (Å²) in [7, 11) is 0. The Bertz CT molecular complexity index is 1160. The fourth-order valence-corrected chi connectivity index (χ4v) is 12.1. The SMILES string of the molecule is CC(=O)OC1CC2(C)C(C[C@@H](O)C3C2CCC2C(I)C(NCCCNCCCNCCCN)CC[C@@]23C)/C1=C(\CCC=C(C)C)C(=O)O. The monoisotopic (exact) mass is 784 g/mol. The van der Waals surface area contributed by atoms with Crippen molar-refractivity contribution in [3.8, 4) is 0 Å². The van der Waals surface area contributed by atoms with Gasteiger partial charge in [-0.2, -0.15) is 0 Å². The number of ether oxygens (including phenoxy) is 1. The average molecular weight is 785 g/mol. The quantitative estimate of drug-likeness (QED) is 0.0287. The number of aliphatic hydroxyl groups is 1. The van der Waals surface area contributed by atoms with Crippen molar-refractivity contribution < 1.29 is 24.5 Å². The Morgan fingerprint density at radius 3 is 2.25 bits per heavy atom. The molecule has 9 nitrogen and oxygen atoms in total. The molecule has 48 heavy (non-hydrogen) atoms. The molecule has 4 saturated carbocycles. The summed E-state index contributed by atoms with van der Waals surface area (Å²) in [5, 5.41) is 33.4. The molecule has 0 spiro atoms. The minimum absolute atomic E-state index is 0.0164. The molecule has 0 aromatic carbocycles. The summed E-state index contributed by atoms with van der Waals surface area (Å²) >= 11 is 2.70. The number of rotatable bonds is 17. The van der Waals surface area contributed by atoms with Crippen molar-refractivity contribution >= 4 is 34.5 Å². The predicted molar refractivity (Wildman–Crippen MR) is 201 cm³/mol. The van der Waals surface area contributed by atoms with Gasteiger partial charge in [-0.1, -0.05) is 48.1 Å². The van der Waals surface area contributed by atoms with E-state index in [0.29, 0.717) is 47.1 Å².